The number of likely N-dealkylation sites (N-methyl/N-ethyl adjacent to an activating group) is 1. The van der Waals surface area contributed by atoms with Crippen LogP contribution in [0.3, 0.4) is 0 Å². The van der Waals surface area contributed by atoms with E-state index < -0.39 is 0 Å². The molecule has 122 valence electrons. The molecule has 1 aliphatic heterocycles. The number of aromatic nitrogens is 2. The van der Waals surface area contributed by atoms with Gasteiger partial charge in [0.05, 0.1) is 32.2 Å². The monoisotopic (exact) mass is 319 g/mol. The Bertz CT molecular complexity index is 831. The molecule has 1 unspecified atom stereocenters. The summed E-state index contributed by atoms with van der Waals surface area (Å²) in [5.74, 6) is 1.89. The van der Waals surface area contributed by atoms with Gasteiger partial charge in [0.1, 0.15) is 5.82 Å². The molecule has 0 radical (unpaired) electrons. The van der Waals surface area contributed by atoms with Crippen molar-refractivity contribution in [3.63, 3.8) is 0 Å². The van der Waals surface area contributed by atoms with Crippen LogP contribution in [-0.4, -0.2) is 43.2 Å². The van der Waals surface area contributed by atoms with Crippen LogP contribution in [0, 0.1) is 0 Å². The highest BCUT2D eigenvalue weighted by molar-refractivity contribution is 5.91. The quantitative estimate of drug-likeness (QED) is 0.784. The molecular formula is C20H23N4+. The van der Waals surface area contributed by atoms with Crippen molar-refractivity contribution in [3.05, 3.63) is 54.6 Å². The van der Waals surface area contributed by atoms with Gasteiger partial charge in [-0.1, -0.05) is 42.5 Å². The lowest BCUT2D eigenvalue weighted by Crippen LogP contribution is -3.09. The third-order valence-electron chi connectivity index (χ3n) is 4.75. The molecular weight excluding hydrogens is 296 g/mol. The van der Waals surface area contributed by atoms with Gasteiger partial charge in [0.2, 0.25) is 0 Å². The molecule has 0 bridgehead atoms. The molecule has 1 atom stereocenters. The number of hydrogen-bond donors (Lipinski definition) is 1. The summed E-state index contributed by atoms with van der Waals surface area (Å²) in [5, 5.41) is 1.15. The van der Waals surface area contributed by atoms with Gasteiger partial charge >= 0.3 is 0 Å². The second-order valence-corrected chi connectivity index (χ2v) is 6.55. The van der Waals surface area contributed by atoms with Crippen molar-refractivity contribution in [2.24, 2.45) is 0 Å². The van der Waals surface area contributed by atoms with Gasteiger partial charge in [-0.3, -0.25) is 0 Å². The Hall–Kier alpha value is -2.46. The zero-order valence-corrected chi connectivity index (χ0v) is 14.1. The van der Waals surface area contributed by atoms with Crippen molar-refractivity contribution in [3.8, 4) is 11.4 Å². The average molecular weight is 319 g/mol. The molecule has 2 aromatic carbocycles. The zero-order chi connectivity index (χ0) is 16.4. The fourth-order valence-corrected chi connectivity index (χ4v) is 3.36. The summed E-state index contributed by atoms with van der Waals surface area (Å²) in [5.41, 5.74) is 2.09. The predicted octanol–water partition coefficient (Wildman–Crippen LogP) is 2.02. The van der Waals surface area contributed by atoms with E-state index in [-0.39, 0.29) is 0 Å². The average Bonchev–Trinajstić information content (AvgIpc) is 2.86. The number of quaternary nitrogens is 1. The lowest BCUT2D eigenvalue weighted by atomic mass is 10.1. The van der Waals surface area contributed by atoms with Crippen molar-refractivity contribution in [2.75, 3.05) is 38.1 Å². The van der Waals surface area contributed by atoms with E-state index in [1.165, 1.54) is 13.0 Å². The summed E-state index contributed by atoms with van der Waals surface area (Å²) in [4.78, 5) is 13.8. The van der Waals surface area contributed by atoms with Crippen LogP contribution in [0.4, 0.5) is 5.82 Å². The smallest absolute Gasteiger partial charge is 0.162 e. The van der Waals surface area contributed by atoms with Gasteiger partial charge in [-0.25, -0.2) is 9.97 Å². The van der Waals surface area contributed by atoms with E-state index in [9.17, 15) is 0 Å². The maximum atomic E-state index is 4.97. The normalized spacial score (nSPS) is 18.5. The molecule has 0 amide bonds. The number of hydrogen-bond acceptors (Lipinski definition) is 3. The van der Waals surface area contributed by atoms with Gasteiger partial charge < -0.3 is 9.80 Å². The number of anilines is 1. The van der Waals surface area contributed by atoms with Gasteiger partial charge in [0.15, 0.2) is 5.82 Å². The number of fused-ring (bicyclic) bond motifs is 1. The topological polar surface area (TPSA) is 33.5 Å². The van der Waals surface area contributed by atoms with Crippen molar-refractivity contribution < 1.29 is 4.90 Å². The van der Waals surface area contributed by atoms with Crippen molar-refractivity contribution >= 4 is 16.7 Å². The molecule has 1 fully saturated rings. The molecule has 24 heavy (non-hydrogen) atoms. The SMILES string of the molecule is C[NH+]1CCCN(c2nc(-c3ccccc3)nc3ccccc23)CC1. The van der Waals surface area contributed by atoms with Crippen LogP contribution in [-0.2, 0) is 0 Å². The van der Waals surface area contributed by atoms with Gasteiger partial charge in [-0.15, -0.1) is 0 Å². The highest BCUT2D eigenvalue weighted by Gasteiger charge is 2.19. The lowest BCUT2D eigenvalue weighted by Gasteiger charge is -2.22. The Morgan fingerprint density at radius 2 is 1.67 bits per heavy atom. The largest absolute Gasteiger partial charge is 0.350 e. The summed E-state index contributed by atoms with van der Waals surface area (Å²) in [6.45, 7) is 4.48. The molecule has 3 aromatic rings. The molecule has 0 spiro atoms. The third kappa shape index (κ3) is 2.97. The Morgan fingerprint density at radius 3 is 2.54 bits per heavy atom. The van der Waals surface area contributed by atoms with Crippen LogP contribution < -0.4 is 9.80 Å². The van der Waals surface area contributed by atoms with Crippen molar-refractivity contribution in [1.82, 2.24) is 9.97 Å². The minimum atomic E-state index is 0.814. The van der Waals surface area contributed by atoms with Crippen molar-refractivity contribution in [2.45, 2.75) is 6.42 Å². The molecule has 1 aliphatic rings. The number of nitrogens with zero attached hydrogens (tertiary/aromatic N) is 3. The first-order chi connectivity index (χ1) is 11.8. The van der Waals surface area contributed by atoms with Crippen LogP contribution >= 0.6 is 0 Å². The lowest BCUT2D eigenvalue weighted by molar-refractivity contribution is -0.876. The number of nitrogens with one attached hydrogen (secondary N) is 1. The van der Waals surface area contributed by atoms with Gasteiger partial charge in [0.25, 0.3) is 0 Å². The Kier molecular flexibility index (Phi) is 4.13. The minimum absolute atomic E-state index is 0.814. The van der Waals surface area contributed by atoms with E-state index in [4.69, 9.17) is 9.97 Å². The molecule has 1 N–H and O–H groups in total. The fraction of sp³-hybridized carbons (Fsp3) is 0.300. The summed E-state index contributed by atoms with van der Waals surface area (Å²) >= 11 is 0. The molecule has 1 saturated heterocycles. The second kappa shape index (κ2) is 6.57. The standard InChI is InChI=1S/C20H22N4/c1-23-12-7-13-24(15-14-23)20-17-10-5-6-11-18(17)21-19(22-20)16-8-3-2-4-9-16/h2-6,8-11H,7,12-15H2,1H3/p+1. The number of para-hydroxylation sites is 1. The summed E-state index contributed by atoms with van der Waals surface area (Å²) in [7, 11) is 2.27. The summed E-state index contributed by atoms with van der Waals surface area (Å²) in [6, 6.07) is 18.6. The maximum Gasteiger partial charge on any atom is 0.162 e. The number of benzene rings is 2. The Labute approximate surface area is 142 Å². The zero-order valence-electron chi connectivity index (χ0n) is 14.1. The third-order valence-corrected chi connectivity index (χ3v) is 4.75. The van der Waals surface area contributed by atoms with Gasteiger partial charge in [-0.05, 0) is 12.1 Å². The van der Waals surface area contributed by atoms with Crippen molar-refractivity contribution in [1.29, 1.82) is 0 Å². The van der Waals surface area contributed by atoms with Gasteiger partial charge in [0, 0.05) is 23.9 Å². The molecule has 4 rings (SSSR count). The first kappa shape index (κ1) is 15.1. The fourth-order valence-electron chi connectivity index (χ4n) is 3.36. The van der Waals surface area contributed by atoms with E-state index in [0.29, 0.717) is 0 Å². The first-order valence-corrected chi connectivity index (χ1v) is 8.70. The molecule has 2 heterocycles. The highest BCUT2D eigenvalue weighted by atomic mass is 15.2. The molecule has 4 heteroatoms. The van der Waals surface area contributed by atoms with E-state index in [0.717, 1.165) is 47.7 Å². The Balaban J connectivity index is 1.83. The molecule has 0 aliphatic carbocycles. The second-order valence-electron chi connectivity index (χ2n) is 6.55. The van der Waals surface area contributed by atoms with Crippen LogP contribution in [0.1, 0.15) is 6.42 Å². The predicted molar refractivity (Wildman–Crippen MR) is 98.4 cm³/mol. The van der Waals surface area contributed by atoms with E-state index in [1.54, 1.807) is 4.90 Å². The minimum Gasteiger partial charge on any atom is -0.350 e. The van der Waals surface area contributed by atoms with Crippen LogP contribution in [0.2, 0.25) is 0 Å². The van der Waals surface area contributed by atoms with E-state index >= 15 is 0 Å². The van der Waals surface area contributed by atoms with Crippen LogP contribution in [0.15, 0.2) is 54.6 Å². The van der Waals surface area contributed by atoms with Crippen LogP contribution in [0.5, 0.6) is 0 Å². The van der Waals surface area contributed by atoms with Crippen LogP contribution in [0.25, 0.3) is 22.3 Å². The van der Waals surface area contributed by atoms with Gasteiger partial charge in [-0.2, -0.15) is 0 Å². The Morgan fingerprint density at radius 1 is 0.875 bits per heavy atom. The maximum absolute atomic E-state index is 4.97. The molecule has 4 nitrogen and oxygen atoms in total. The van der Waals surface area contributed by atoms with E-state index in [1.807, 2.05) is 24.3 Å². The summed E-state index contributed by atoms with van der Waals surface area (Å²) in [6.07, 6.45) is 1.20. The highest BCUT2D eigenvalue weighted by Crippen LogP contribution is 2.27. The molecule has 0 saturated carbocycles. The van der Waals surface area contributed by atoms with E-state index in [2.05, 4.69) is 42.3 Å². The molecule has 1 aromatic heterocycles. The number of rotatable bonds is 2. The summed E-state index contributed by atoms with van der Waals surface area (Å²) < 4.78 is 0. The first-order valence-electron chi connectivity index (χ1n) is 8.70.